The number of hydrogen-bond acceptors (Lipinski definition) is 4. The average molecular weight is 295 g/mol. The molecule has 7 heteroatoms. The first-order valence-electron chi connectivity index (χ1n) is 5.98. The van der Waals surface area contributed by atoms with Gasteiger partial charge >= 0.3 is 5.69 Å². The highest BCUT2D eigenvalue weighted by Crippen LogP contribution is 2.36. The maximum absolute atomic E-state index is 13.7. The molecular formula is C14H11F2NO4. The predicted molar refractivity (Wildman–Crippen MR) is 70.2 cm³/mol. The zero-order valence-electron chi connectivity index (χ0n) is 10.9. The van der Waals surface area contributed by atoms with Crippen LogP contribution < -0.4 is 4.74 Å². The standard InChI is InChI=1S/C14H11F2NO4/c1-8(18)14-10(16)3-2-4-12(14)21-13-7-9(15)5-6-11(13)17(19)20/h2-8,18H,1H3/t8-/m1/s1. The normalized spacial score (nSPS) is 12.0. The number of ether oxygens (including phenoxy) is 1. The van der Waals surface area contributed by atoms with Crippen LogP contribution in [0.3, 0.4) is 0 Å². The molecular weight excluding hydrogens is 284 g/mol. The third-order valence-electron chi connectivity index (χ3n) is 2.77. The molecule has 0 saturated heterocycles. The smallest absolute Gasteiger partial charge is 0.311 e. The molecule has 0 bridgehead atoms. The maximum Gasteiger partial charge on any atom is 0.311 e. The number of aliphatic hydroxyl groups excluding tert-OH is 1. The van der Waals surface area contributed by atoms with Gasteiger partial charge in [-0.3, -0.25) is 10.1 Å². The van der Waals surface area contributed by atoms with Crippen molar-refractivity contribution in [3.05, 3.63) is 63.7 Å². The first-order chi connectivity index (χ1) is 9.90. The van der Waals surface area contributed by atoms with Crippen molar-refractivity contribution in [3.8, 4) is 11.5 Å². The molecule has 0 heterocycles. The van der Waals surface area contributed by atoms with Crippen molar-refractivity contribution in [1.82, 2.24) is 0 Å². The molecule has 0 aliphatic carbocycles. The number of nitro groups is 1. The molecule has 0 unspecified atom stereocenters. The fourth-order valence-electron chi connectivity index (χ4n) is 1.85. The number of halogens is 2. The average Bonchev–Trinajstić information content (AvgIpc) is 2.37. The summed E-state index contributed by atoms with van der Waals surface area (Å²) < 4.78 is 32.2. The van der Waals surface area contributed by atoms with Crippen molar-refractivity contribution in [2.45, 2.75) is 13.0 Å². The molecule has 0 aliphatic rings. The van der Waals surface area contributed by atoms with Crippen LogP contribution in [0.1, 0.15) is 18.6 Å². The summed E-state index contributed by atoms with van der Waals surface area (Å²) in [4.78, 5) is 10.1. The van der Waals surface area contributed by atoms with Gasteiger partial charge in [-0.15, -0.1) is 0 Å². The fraction of sp³-hybridized carbons (Fsp3) is 0.143. The molecule has 1 N–H and O–H groups in total. The molecule has 0 aliphatic heterocycles. The van der Waals surface area contributed by atoms with Crippen LogP contribution in [-0.2, 0) is 0 Å². The van der Waals surface area contributed by atoms with Crippen molar-refractivity contribution in [1.29, 1.82) is 0 Å². The highest BCUT2D eigenvalue weighted by molar-refractivity contribution is 5.50. The zero-order valence-corrected chi connectivity index (χ0v) is 10.9. The van der Waals surface area contributed by atoms with Gasteiger partial charge in [0.1, 0.15) is 17.4 Å². The first kappa shape index (κ1) is 14.9. The molecule has 0 saturated carbocycles. The van der Waals surface area contributed by atoms with Crippen LogP contribution >= 0.6 is 0 Å². The van der Waals surface area contributed by atoms with Gasteiger partial charge < -0.3 is 9.84 Å². The lowest BCUT2D eigenvalue weighted by molar-refractivity contribution is -0.385. The van der Waals surface area contributed by atoms with Gasteiger partial charge in [-0.25, -0.2) is 8.78 Å². The summed E-state index contributed by atoms with van der Waals surface area (Å²) in [5, 5.41) is 20.5. The Balaban J connectivity index is 2.50. The number of rotatable bonds is 4. The highest BCUT2D eigenvalue weighted by Gasteiger charge is 2.20. The molecule has 0 radical (unpaired) electrons. The van der Waals surface area contributed by atoms with Gasteiger partial charge in [0.15, 0.2) is 0 Å². The van der Waals surface area contributed by atoms with E-state index in [1.54, 1.807) is 0 Å². The summed E-state index contributed by atoms with van der Waals surface area (Å²) in [5.74, 6) is -1.93. The van der Waals surface area contributed by atoms with Crippen LogP contribution in [0.15, 0.2) is 36.4 Å². The molecule has 5 nitrogen and oxygen atoms in total. The lowest BCUT2D eigenvalue weighted by Gasteiger charge is -2.14. The molecule has 2 aromatic rings. The van der Waals surface area contributed by atoms with E-state index in [1.807, 2.05) is 0 Å². The Bertz CT molecular complexity index is 689. The minimum atomic E-state index is -1.19. The van der Waals surface area contributed by atoms with E-state index in [0.717, 1.165) is 24.3 Å². The number of hydrogen-bond donors (Lipinski definition) is 1. The topological polar surface area (TPSA) is 72.6 Å². The first-order valence-corrected chi connectivity index (χ1v) is 5.98. The van der Waals surface area contributed by atoms with Gasteiger partial charge in [-0.05, 0) is 25.1 Å². The number of aliphatic hydroxyl groups is 1. The van der Waals surface area contributed by atoms with Crippen molar-refractivity contribution in [2.24, 2.45) is 0 Å². The van der Waals surface area contributed by atoms with E-state index in [9.17, 15) is 24.0 Å². The number of nitrogens with zero attached hydrogens (tertiary/aromatic N) is 1. The predicted octanol–water partition coefficient (Wildman–Crippen LogP) is 3.72. The van der Waals surface area contributed by atoms with Crippen molar-refractivity contribution in [3.63, 3.8) is 0 Å². The molecule has 21 heavy (non-hydrogen) atoms. The van der Waals surface area contributed by atoms with Gasteiger partial charge in [0.25, 0.3) is 0 Å². The second-order valence-corrected chi connectivity index (χ2v) is 4.30. The fourth-order valence-corrected chi connectivity index (χ4v) is 1.85. The Hall–Kier alpha value is -2.54. The van der Waals surface area contributed by atoms with E-state index in [2.05, 4.69) is 0 Å². The SMILES string of the molecule is C[C@@H](O)c1c(F)cccc1Oc1cc(F)ccc1[N+](=O)[O-]. The lowest BCUT2D eigenvalue weighted by Crippen LogP contribution is -2.01. The molecule has 0 spiro atoms. The van der Waals surface area contributed by atoms with Crippen molar-refractivity contribution >= 4 is 5.69 Å². The van der Waals surface area contributed by atoms with E-state index >= 15 is 0 Å². The Labute approximate surface area is 118 Å². The van der Waals surface area contributed by atoms with Gasteiger partial charge in [-0.2, -0.15) is 0 Å². The third-order valence-corrected chi connectivity index (χ3v) is 2.77. The molecule has 0 aromatic heterocycles. The van der Waals surface area contributed by atoms with E-state index in [1.165, 1.54) is 19.1 Å². The summed E-state index contributed by atoms with van der Waals surface area (Å²) in [6.07, 6.45) is -1.19. The van der Waals surface area contributed by atoms with Gasteiger partial charge in [-0.1, -0.05) is 6.07 Å². The summed E-state index contributed by atoms with van der Waals surface area (Å²) in [5.41, 5.74) is -0.617. The molecule has 110 valence electrons. The van der Waals surface area contributed by atoms with Crippen molar-refractivity contribution < 1.29 is 23.5 Å². The maximum atomic E-state index is 13.7. The zero-order chi connectivity index (χ0) is 15.6. The van der Waals surface area contributed by atoms with Crippen LogP contribution in [0.4, 0.5) is 14.5 Å². The summed E-state index contributed by atoms with van der Waals surface area (Å²) >= 11 is 0. The summed E-state index contributed by atoms with van der Waals surface area (Å²) in [6, 6.07) is 6.48. The van der Waals surface area contributed by atoms with Crippen LogP contribution in [0.25, 0.3) is 0 Å². The third kappa shape index (κ3) is 3.14. The second kappa shape index (κ2) is 5.84. The van der Waals surface area contributed by atoms with Crippen LogP contribution in [0.2, 0.25) is 0 Å². The van der Waals surface area contributed by atoms with Crippen LogP contribution in [0, 0.1) is 21.7 Å². The monoisotopic (exact) mass is 295 g/mol. The Morgan fingerprint density at radius 3 is 2.57 bits per heavy atom. The van der Waals surface area contributed by atoms with Crippen molar-refractivity contribution in [2.75, 3.05) is 0 Å². The Morgan fingerprint density at radius 1 is 1.24 bits per heavy atom. The quantitative estimate of drug-likeness (QED) is 0.689. The summed E-state index contributed by atoms with van der Waals surface area (Å²) in [7, 11) is 0. The van der Waals surface area contributed by atoms with Gasteiger partial charge in [0.05, 0.1) is 16.6 Å². The number of nitro benzene ring substituents is 1. The molecule has 1 atom stereocenters. The second-order valence-electron chi connectivity index (χ2n) is 4.30. The Kier molecular flexibility index (Phi) is 4.13. The minimum absolute atomic E-state index is 0.112. The van der Waals surface area contributed by atoms with E-state index in [0.29, 0.717) is 0 Å². The van der Waals surface area contributed by atoms with E-state index in [4.69, 9.17) is 4.74 Å². The largest absolute Gasteiger partial charge is 0.450 e. The van der Waals surface area contributed by atoms with Gasteiger partial charge in [0, 0.05) is 12.1 Å². The van der Waals surface area contributed by atoms with Gasteiger partial charge in [0.2, 0.25) is 5.75 Å². The molecule has 0 amide bonds. The number of benzene rings is 2. The Morgan fingerprint density at radius 2 is 1.95 bits per heavy atom. The molecule has 0 fully saturated rings. The lowest BCUT2D eigenvalue weighted by atomic mass is 10.1. The van der Waals surface area contributed by atoms with Crippen LogP contribution in [-0.4, -0.2) is 10.0 Å². The van der Waals surface area contributed by atoms with E-state index in [-0.39, 0.29) is 17.1 Å². The van der Waals surface area contributed by atoms with E-state index < -0.39 is 28.3 Å². The molecule has 2 rings (SSSR count). The molecule has 2 aromatic carbocycles. The van der Waals surface area contributed by atoms with Crippen LogP contribution in [0.5, 0.6) is 11.5 Å². The summed E-state index contributed by atoms with van der Waals surface area (Å²) in [6.45, 7) is 1.32. The minimum Gasteiger partial charge on any atom is -0.450 e. The highest BCUT2D eigenvalue weighted by atomic mass is 19.1.